The van der Waals surface area contributed by atoms with Gasteiger partial charge < -0.3 is 76.7 Å². The van der Waals surface area contributed by atoms with Crippen molar-refractivity contribution in [3.05, 3.63) is 65.6 Å². The number of ketones is 2. The number of sulfonamides is 1. The van der Waals surface area contributed by atoms with Crippen molar-refractivity contribution >= 4 is 92.2 Å². The van der Waals surface area contributed by atoms with E-state index in [2.05, 4.69) is 46.4 Å². The number of H-pyrrole nitrogens is 1. The maximum atomic E-state index is 13.6. The number of carboxylic acid groups (broad SMARTS) is 4. The van der Waals surface area contributed by atoms with Crippen LogP contribution >= 0.6 is 0 Å². The van der Waals surface area contributed by atoms with Crippen LogP contribution in [0.15, 0.2) is 53.8 Å². The highest BCUT2D eigenvalue weighted by Gasteiger charge is 2.54. The number of Topliss-reactive ketones (excluding diaryl/α,β-unsaturated/α-hetero) is 2. The fraction of sp³-hybridized carbons (Fsp3) is 0.597. The number of aromatic nitrogens is 4. The van der Waals surface area contributed by atoms with E-state index in [0.29, 0.717) is 133 Å². The Hall–Kier alpha value is -9.55. The average Bonchev–Trinajstić information content (AvgIpc) is 1.67. The third kappa shape index (κ3) is 40.7. The summed E-state index contributed by atoms with van der Waals surface area (Å²) in [6.07, 6.45) is -8.31. The predicted octanol–water partition coefficient (Wildman–Crippen LogP) is 1.35. The number of alkyl halides is 9. The van der Waals surface area contributed by atoms with E-state index in [0.717, 1.165) is 11.9 Å². The molecule has 0 bridgehead atoms. The summed E-state index contributed by atoms with van der Waals surface area (Å²) in [5, 5.41) is 57.9. The third-order valence-electron chi connectivity index (χ3n) is 15.9. The van der Waals surface area contributed by atoms with Crippen LogP contribution < -0.4 is 41.8 Å². The van der Waals surface area contributed by atoms with Gasteiger partial charge in [0.25, 0.3) is 5.91 Å². The highest BCUT2D eigenvalue weighted by Crippen LogP contribution is 2.27. The van der Waals surface area contributed by atoms with Gasteiger partial charge in [-0.15, -0.1) is 0 Å². The van der Waals surface area contributed by atoms with Gasteiger partial charge in [0.15, 0.2) is 5.95 Å². The number of fused-ring (bicyclic) bond motifs is 1. The van der Waals surface area contributed by atoms with Crippen LogP contribution in [0.4, 0.5) is 45.5 Å². The summed E-state index contributed by atoms with van der Waals surface area (Å²) >= 11 is 0. The zero-order chi connectivity index (χ0) is 84.3. The van der Waals surface area contributed by atoms with Crippen LogP contribution in [-0.2, 0) is 78.7 Å². The molecule has 1 fully saturated rings. The molecular weight excluding hydrogens is 1550 g/mol. The van der Waals surface area contributed by atoms with Crippen LogP contribution in [-0.4, -0.2) is 322 Å². The summed E-state index contributed by atoms with van der Waals surface area (Å²) in [6.45, 7) is 7.99. The van der Waals surface area contributed by atoms with Crippen LogP contribution in [0, 0.1) is 13.8 Å². The lowest BCUT2D eigenvalue weighted by molar-refractivity contribution is -0.193. The van der Waals surface area contributed by atoms with Gasteiger partial charge >= 0.3 is 54.0 Å². The molecule has 0 aliphatic carbocycles. The van der Waals surface area contributed by atoms with Crippen LogP contribution in [0.2, 0.25) is 0 Å². The number of aliphatic carboxylic acids is 4. The van der Waals surface area contributed by atoms with Gasteiger partial charge in [0.2, 0.25) is 34.0 Å². The molecule has 4 amide bonds. The second kappa shape index (κ2) is 50.5. The number of ether oxygens (including phenoxy) is 4. The smallest absolute Gasteiger partial charge is 0.458 e. The topological polar surface area (TPSA) is 497 Å². The van der Waals surface area contributed by atoms with E-state index in [1.807, 2.05) is 4.68 Å². The summed E-state index contributed by atoms with van der Waals surface area (Å²) < 4.78 is 152. The monoisotopic (exact) mass is 1650 g/mol. The molecule has 46 heteroatoms. The average molecular weight is 1650 g/mol. The Labute approximate surface area is 642 Å². The SMILES string of the molecule is Cc1cc(OCCCC(=O)NCCCOCCOCCOCCCNC(=O)[C@@H](CCCCN)NC(=O)CN2CCN(CC(=O)O)CCN(CC(=O)O)CCN(CC(=O)O)CC2)cc(C)c1S(=O)(=O)NC(CNC(=O)c1ccc2c(cnn2CCCNc2ncc[nH]2)c1)C(=O)O.O=C(C(=O)C(F)(F)F)C(F)(F)F.O=CC(F)(F)F. The number of carbonyl (C=O) groups excluding carboxylic acids is 7. The molecule has 634 valence electrons. The number of aromatic amines is 1. The number of amides is 4. The number of aldehydes is 1. The lowest BCUT2D eigenvalue weighted by atomic mass is 10.1. The summed E-state index contributed by atoms with van der Waals surface area (Å²) in [5.41, 5.74) is 7.35. The highest BCUT2D eigenvalue weighted by atomic mass is 32.2. The van der Waals surface area contributed by atoms with E-state index < -0.39 is 101 Å². The first-order valence-corrected chi connectivity index (χ1v) is 36.7. The number of hydrogen-bond acceptors (Lipinski definition) is 25. The molecule has 13 N–H and O–H groups in total. The summed E-state index contributed by atoms with van der Waals surface area (Å²) in [6, 6.07) is 5.44. The van der Waals surface area contributed by atoms with E-state index in [4.69, 9.17) is 29.5 Å². The molecule has 2 aromatic heterocycles. The molecule has 1 saturated heterocycles. The Morgan fingerprint density at radius 3 is 1.59 bits per heavy atom. The molecule has 1 aliphatic heterocycles. The van der Waals surface area contributed by atoms with Crippen molar-refractivity contribution < 1.29 is 140 Å². The van der Waals surface area contributed by atoms with Crippen molar-refractivity contribution in [2.45, 2.75) is 107 Å². The molecule has 0 radical (unpaired) electrons. The zero-order valence-corrected chi connectivity index (χ0v) is 62.7. The summed E-state index contributed by atoms with van der Waals surface area (Å²) in [5.74, 6) is -12.0. The Morgan fingerprint density at radius 2 is 1.12 bits per heavy atom. The van der Waals surface area contributed by atoms with Crippen molar-refractivity contribution in [3.63, 3.8) is 0 Å². The number of hydrogen-bond donors (Lipinski definition) is 12. The second-order valence-electron chi connectivity index (χ2n) is 25.1. The van der Waals surface area contributed by atoms with Gasteiger partial charge in [0.05, 0.1) is 75.8 Å². The van der Waals surface area contributed by atoms with Crippen LogP contribution in [0.1, 0.15) is 72.9 Å². The van der Waals surface area contributed by atoms with Gasteiger partial charge in [-0.05, 0) is 107 Å². The van der Waals surface area contributed by atoms with Gasteiger partial charge in [0.1, 0.15) is 17.8 Å². The number of benzene rings is 2. The molecule has 0 saturated carbocycles. The first-order chi connectivity index (χ1) is 53.2. The highest BCUT2D eigenvalue weighted by molar-refractivity contribution is 7.89. The van der Waals surface area contributed by atoms with E-state index in [9.17, 15) is 116 Å². The number of nitrogens with zero attached hydrogens (tertiary/aromatic N) is 7. The second-order valence-corrected chi connectivity index (χ2v) is 26.8. The Bertz CT molecular complexity index is 3720. The van der Waals surface area contributed by atoms with Crippen LogP contribution in [0.3, 0.4) is 0 Å². The van der Waals surface area contributed by atoms with Crippen molar-refractivity contribution in [3.8, 4) is 5.75 Å². The minimum absolute atomic E-state index is 0.131. The van der Waals surface area contributed by atoms with Gasteiger partial charge in [-0.2, -0.15) is 49.3 Å². The molecule has 5 rings (SSSR count). The molecular formula is C67H96F9N15O21S. The maximum Gasteiger partial charge on any atom is 0.458 e. The van der Waals surface area contributed by atoms with Crippen molar-refractivity contribution in [2.24, 2.45) is 5.73 Å². The van der Waals surface area contributed by atoms with Gasteiger partial charge in [0, 0.05) is 128 Å². The molecule has 4 aromatic rings. The fourth-order valence-electron chi connectivity index (χ4n) is 10.6. The van der Waals surface area contributed by atoms with Crippen molar-refractivity contribution in [1.29, 1.82) is 0 Å². The van der Waals surface area contributed by atoms with Crippen molar-refractivity contribution in [2.75, 3.05) is 163 Å². The molecule has 0 spiro atoms. The molecule has 113 heavy (non-hydrogen) atoms. The minimum Gasteiger partial charge on any atom is -0.494 e. The summed E-state index contributed by atoms with van der Waals surface area (Å²) in [7, 11) is -4.40. The molecule has 36 nitrogen and oxygen atoms in total. The van der Waals surface area contributed by atoms with E-state index in [1.54, 1.807) is 70.2 Å². The van der Waals surface area contributed by atoms with Gasteiger partial charge in [-0.3, -0.25) is 77.0 Å². The Kier molecular flexibility index (Phi) is 43.7. The number of nitrogens with one attached hydrogen (secondary N) is 7. The Morgan fingerprint density at radius 1 is 0.619 bits per heavy atom. The first kappa shape index (κ1) is 97.6. The molecule has 1 aliphatic rings. The van der Waals surface area contributed by atoms with E-state index in [-0.39, 0.29) is 120 Å². The number of unbranched alkanes of at least 4 members (excludes halogenated alkanes) is 1. The number of nitrogens with two attached hydrogens (primary N) is 1. The third-order valence-corrected chi connectivity index (χ3v) is 17.7. The number of halogens is 9. The quantitative estimate of drug-likeness (QED) is 0.0129. The van der Waals surface area contributed by atoms with Crippen LogP contribution in [0.5, 0.6) is 5.75 Å². The van der Waals surface area contributed by atoms with E-state index >= 15 is 0 Å². The number of anilines is 1. The predicted molar refractivity (Wildman–Crippen MR) is 382 cm³/mol. The van der Waals surface area contributed by atoms with Crippen molar-refractivity contribution in [1.82, 2.24) is 65.3 Å². The number of imidazole rings is 1. The lowest BCUT2D eigenvalue weighted by Gasteiger charge is -2.33. The largest absolute Gasteiger partial charge is 0.494 e. The normalized spacial score (nSPS) is 14.3. The first-order valence-electron chi connectivity index (χ1n) is 35.3. The molecule has 3 heterocycles. The van der Waals surface area contributed by atoms with Gasteiger partial charge in [-0.1, -0.05) is 0 Å². The standard InChI is InChI=1S/C61H95N15O18S.C4F6O2.C2HF3O/c1-44-35-48(36-45(2)57(44)95(89,90)71-50(60(87)88)39-68-58(85)46-11-12-51-47(37-46)38-69-76(51)19-6-14-65-61-66-17-18-67-61)94-30-5-10-52(77)63-15-7-28-91-31-33-93-34-32-92-29-8-16-64-59(86)49(9-3-4-13-62)70-53(78)40-72-20-22-73(41-54(79)80)24-26-75(43-56(83)84)27-25-74(23-21-72)42-55(81)82;5-3(6,7)1(11)2(12)4(8,9)10;3-2(4,5)1-6/h11-12,17-18,35-38,49-50,71H,3-10,13-16,19-34,39-43,62H2,1-2H3,(H,63,77)(H,64,86)(H,68,85)(H,70,78)(H,79,80)(H,81,82)(H,83,84)(H,87,88)(H2,65,66,67);;1H/t49-,50?;;/m1../s1. The lowest BCUT2D eigenvalue weighted by Crippen LogP contribution is -2.52. The number of carboxylic acids is 4. The molecule has 1 unspecified atom stereocenters. The van der Waals surface area contributed by atoms with Gasteiger partial charge in [-0.25, -0.2) is 13.4 Å². The number of rotatable bonds is 46. The maximum absolute atomic E-state index is 13.6. The summed E-state index contributed by atoms with van der Waals surface area (Å²) in [4.78, 5) is 141. The minimum atomic E-state index is -5.77. The fourth-order valence-corrected chi connectivity index (χ4v) is 12.2. The number of aryl methyl sites for hydroxylation is 3. The molecule has 2 aromatic carbocycles. The Balaban J connectivity index is 0.00000163. The molecule has 2 atom stereocenters. The van der Waals surface area contributed by atoms with Crippen LogP contribution in [0.25, 0.3) is 10.9 Å². The van der Waals surface area contributed by atoms with E-state index in [1.165, 1.54) is 12.1 Å². The zero-order valence-electron chi connectivity index (χ0n) is 61.9. The number of carbonyl (C=O) groups is 11.